The fourth-order valence-electron chi connectivity index (χ4n) is 3.02. The Bertz CT molecular complexity index is 577. The third-order valence-corrected chi connectivity index (χ3v) is 4.36. The van der Waals surface area contributed by atoms with Crippen molar-refractivity contribution in [2.24, 2.45) is 0 Å². The van der Waals surface area contributed by atoms with Gasteiger partial charge in [-0.3, -0.25) is 14.8 Å². The second kappa shape index (κ2) is 8.20. The highest BCUT2D eigenvalue weighted by Gasteiger charge is 2.16. The first-order valence-electron chi connectivity index (χ1n) is 8.24. The molecule has 0 unspecified atom stereocenters. The fourth-order valence-corrected chi connectivity index (χ4v) is 3.02. The van der Waals surface area contributed by atoms with E-state index in [1.807, 2.05) is 12.4 Å². The van der Waals surface area contributed by atoms with Crippen LogP contribution in [0.3, 0.4) is 0 Å². The summed E-state index contributed by atoms with van der Waals surface area (Å²) < 4.78 is 5.16. The summed E-state index contributed by atoms with van der Waals surface area (Å²) in [5.74, 6) is 0. The number of methoxy groups -OCH3 is 1. The van der Waals surface area contributed by atoms with Gasteiger partial charge in [0.25, 0.3) is 0 Å². The molecule has 4 nitrogen and oxygen atoms in total. The monoisotopic (exact) mass is 311 g/mol. The van der Waals surface area contributed by atoms with E-state index < -0.39 is 0 Å². The molecular weight excluding hydrogens is 286 g/mol. The molecule has 122 valence electrons. The molecule has 0 aliphatic carbocycles. The number of aromatic nitrogens is 1. The second-order valence-electron chi connectivity index (χ2n) is 6.16. The van der Waals surface area contributed by atoms with Gasteiger partial charge in [-0.2, -0.15) is 0 Å². The zero-order valence-electron chi connectivity index (χ0n) is 13.8. The minimum atomic E-state index is 0.688. The predicted molar refractivity (Wildman–Crippen MR) is 91.9 cm³/mol. The van der Waals surface area contributed by atoms with E-state index in [1.165, 1.54) is 16.7 Å². The zero-order valence-corrected chi connectivity index (χ0v) is 13.8. The normalized spacial score (nSPS) is 16.6. The molecule has 3 rings (SSSR count). The quantitative estimate of drug-likeness (QED) is 0.820. The fraction of sp³-hybridized carbons (Fsp3) is 0.421. The van der Waals surface area contributed by atoms with Crippen LogP contribution in [0, 0.1) is 0 Å². The van der Waals surface area contributed by atoms with Gasteiger partial charge in [-0.25, -0.2) is 0 Å². The van der Waals surface area contributed by atoms with Gasteiger partial charge in [0.05, 0.1) is 6.61 Å². The molecule has 4 heteroatoms. The molecule has 23 heavy (non-hydrogen) atoms. The lowest BCUT2D eigenvalue weighted by Gasteiger charge is -2.34. The maximum absolute atomic E-state index is 5.16. The topological polar surface area (TPSA) is 28.6 Å². The van der Waals surface area contributed by atoms with Crippen molar-refractivity contribution in [3.63, 3.8) is 0 Å². The lowest BCUT2D eigenvalue weighted by molar-refractivity contribution is 0.122. The number of nitrogens with zero attached hydrogens (tertiary/aromatic N) is 3. The Morgan fingerprint density at radius 3 is 1.78 bits per heavy atom. The Labute approximate surface area is 138 Å². The van der Waals surface area contributed by atoms with E-state index in [9.17, 15) is 0 Å². The van der Waals surface area contributed by atoms with Gasteiger partial charge in [-0.15, -0.1) is 0 Å². The van der Waals surface area contributed by atoms with Gasteiger partial charge in [0, 0.05) is 58.8 Å². The maximum Gasteiger partial charge on any atom is 0.0713 e. The molecule has 0 spiro atoms. The molecule has 0 radical (unpaired) electrons. The Kier molecular flexibility index (Phi) is 5.75. The van der Waals surface area contributed by atoms with E-state index >= 15 is 0 Å². The van der Waals surface area contributed by atoms with E-state index in [-0.39, 0.29) is 0 Å². The number of ether oxygens (including phenoxy) is 1. The molecule has 1 saturated heterocycles. The van der Waals surface area contributed by atoms with Gasteiger partial charge in [-0.1, -0.05) is 24.3 Å². The third kappa shape index (κ3) is 4.86. The van der Waals surface area contributed by atoms with E-state index in [0.29, 0.717) is 6.61 Å². The summed E-state index contributed by atoms with van der Waals surface area (Å²) in [5, 5.41) is 0. The Hall–Kier alpha value is -1.75. The Morgan fingerprint density at radius 2 is 1.26 bits per heavy atom. The first-order chi connectivity index (χ1) is 11.3. The van der Waals surface area contributed by atoms with Gasteiger partial charge in [0.1, 0.15) is 0 Å². The molecule has 0 atom stereocenters. The molecule has 0 amide bonds. The minimum Gasteiger partial charge on any atom is -0.380 e. The average molecular weight is 311 g/mol. The van der Waals surface area contributed by atoms with Crippen LogP contribution in [-0.4, -0.2) is 48.1 Å². The summed E-state index contributed by atoms with van der Waals surface area (Å²) in [6.07, 6.45) is 3.75. The number of piperazine rings is 1. The summed E-state index contributed by atoms with van der Waals surface area (Å²) in [6.45, 7) is 7.27. The summed E-state index contributed by atoms with van der Waals surface area (Å²) >= 11 is 0. The van der Waals surface area contributed by atoms with E-state index in [2.05, 4.69) is 51.2 Å². The van der Waals surface area contributed by atoms with Crippen molar-refractivity contribution in [1.82, 2.24) is 14.8 Å². The number of hydrogen-bond donors (Lipinski definition) is 0. The molecule has 1 aromatic heterocycles. The van der Waals surface area contributed by atoms with Crippen molar-refractivity contribution in [2.45, 2.75) is 19.7 Å². The standard InChI is InChI=1S/C19H25N3O/c1-23-16-19-4-2-17(3-5-19)14-21-10-12-22(13-11-21)15-18-6-8-20-9-7-18/h2-9H,10-16H2,1H3. The van der Waals surface area contributed by atoms with E-state index in [0.717, 1.165) is 39.3 Å². The lowest BCUT2D eigenvalue weighted by atomic mass is 10.1. The van der Waals surface area contributed by atoms with Gasteiger partial charge in [0.15, 0.2) is 0 Å². The smallest absolute Gasteiger partial charge is 0.0713 e. The van der Waals surface area contributed by atoms with Crippen LogP contribution in [0.1, 0.15) is 16.7 Å². The number of benzene rings is 1. The van der Waals surface area contributed by atoms with Crippen LogP contribution >= 0.6 is 0 Å². The van der Waals surface area contributed by atoms with Crippen LogP contribution in [0.25, 0.3) is 0 Å². The third-order valence-electron chi connectivity index (χ3n) is 4.36. The van der Waals surface area contributed by atoms with Crippen molar-refractivity contribution in [3.05, 3.63) is 65.5 Å². The SMILES string of the molecule is COCc1ccc(CN2CCN(Cc3ccncc3)CC2)cc1. The predicted octanol–water partition coefficient (Wildman–Crippen LogP) is 2.55. The molecular formula is C19H25N3O. The molecule has 1 aliphatic rings. The highest BCUT2D eigenvalue weighted by Crippen LogP contribution is 2.12. The van der Waals surface area contributed by atoms with Crippen molar-refractivity contribution in [2.75, 3.05) is 33.3 Å². The molecule has 0 bridgehead atoms. The van der Waals surface area contributed by atoms with Crippen molar-refractivity contribution >= 4 is 0 Å². The van der Waals surface area contributed by atoms with Crippen LogP contribution < -0.4 is 0 Å². The van der Waals surface area contributed by atoms with Crippen molar-refractivity contribution < 1.29 is 4.74 Å². The molecule has 2 heterocycles. The largest absolute Gasteiger partial charge is 0.380 e. The molecule has 2 aromatic rings. The maximum atomic E-state index is 5.16. The van der Waals surface area contributed by atoms with Gasteiger partial charge < -0.3 is 4.74 Å². The van der Waals surface area contributed by atoms with Crippen molar-refractivity contribution in [3.8, 4) is 0 Å². The van der Waals surface area contributed by atoms with Gasteiger partial charge in [-0.05, 0) is 28.8 Å². The summed E-state index contributed by atoms with van der Waals surface area (Å²) in [4.78, 5) is 9.14. The van der Waals surface area contributed by atoms with Crippen LogP contribution in [0.2, 0.25) is 0 Å². The molecule has 1 aliphatic heterocycles. The molecule has 1 aromatic carbocycles. The Morgan fingerprint density at radius 1 is 0.783 bits per heavy atom. The highest BCUT2D eigenvalue weighted by atomic mass is 16.5. The molecule has 0 N–H and O–H groups in total. The number of hydrogen-bond acceptors (Lipinski definition) is 4. The first-order valence-corrected chi connectivity index (χ1v) is 8.24. The zero-order chi connectivity index (χ0) is 15.9. The second-order valence-corrected chi connectivity index (χ2v) is 6.16. The van der Waals surface area contributed by atoms with Crippen LogP contribution in [-0.2, 0) is 24.4 Å². The summed E-state index contributed by atoms with van der Waals surface area (Å²) in [6, 6.07) is 13.0. The average Bonchev–Trinajstić information content (AvgIpc) is 2.60. The van der Waals surface area contributed by atoms with Crippen LogP contribution in [0.15, 0.2) is 48.8 Å². The van der Waals surface area contributed by atoms with E-state index in [1.54, 1.807) is 7.11 Å². The molecule has 1 fully saturated rings. The molecule has 0 saturated carbocycles. The lowest BCUT2D eigenvalue weighted by Crippen LogP contribution is -2.45. The van der Waals surface area contributed by atoms with Crippen LogP contribution in [0.4, 0.5) is 0 Å². The Balaban J connectivity index is 1.45. The summed E-state index contributed by atoms with van der Waals surface area (Å²) in [7, 11) is 1.74. The van der Waals surface area contributed by atoms with Crippen LogP contribution in [0.5, 0.6) is 0 Å². The van der Waals surface area contributed by atoms with Gasteiger partial charge in [0.2, 0.25) is 0 Å². The minimum absolute atomic E-state index is 0.688. The summed E-state index contributed by atoms with van der Waals surface area (Å²) in [5.41, 5.74) is 3.97. The van der Waals surface area contributed by atoms with E-state index in [4.69, 9.17) is 4.74 Å². The number of pyridine rings is 1. The number of rotatable bonds is 6. The van der Waals surface area contributed by atoms with Crippen molar-refractivity contribution in [1.29, 1.82) is 0 Å². The first kappa shape index (κ1) is 16.1. The van der Waals surface area contributed by atoms with Gasteiger partial charge >= 0.3 is 0 Å². The highest BCUT2D eigenvalue weighted by molar-refractivity contribution is 5.22.